The Morgan fingerprint density at radius 2 is 1.71 bits per heavy atom. The van der Waals surface area contributed by atoms with Crippen molar-refractivity contribution in [2.75, 3.05) is 22.2 Å². The molecule has 2 atom stereocenters. The van der Waals surface area contributed by atoms with Gasteiger partial charge in [0.1, 0.15) is 11.4 Å². The minimum atomic E-state index is -5.56. The number of alkyl halides is 3. The van der Waals surface area contributed by atoms with Gasteiger partial charge in [0.2, 0.25) is 0 Å². The van der Waals surface area contributed by atoms with Gasteiger partial charge < -0.3 is 5.32 Å². The molecule has 1 aliphatic carbocycles. The van der Waals surface area contributed by atoms with Gasteiger partial charge in [-0.3, -0.25) is 9.69 Å². The van der Waals surface area contributed by atoms with Crippen LogP contribution < -0.4 is 15.1 Å². The number of benzene rings is 2. The highest BCUT2D eigenvalue weighted by Gasteiger charge is 2.70. The fourth-order valence-corrected chi connectivity index (χ4v) is 5.35. The Balaban J connectivity index is 1.62. The lowest BCUT2D eigenvalue weighted by Crippen LogP contribution is -2.39. The molecule has 12 heteroatoms. The highest BCUT2D eigenvalue weighted by atomic mass is 32.2. The summed E-state index contributed by atoms with van der Waals surface area (Å²) in [4.78, 5) is 33.1. The van der Waals surface area contributed by atoms with Crippen LogP contribution in [0.25, 0.3) is 10.9 Å². The third-order valence-electron chi connectivity index (χ3n) is 6.53. The van der Waals surface area contributed by atoms with E-state index in [4.69, 9.17) is 0 Å². The Morgan fingerprint density at radius 1 is 1.09 bits per heavy atom. The van der Waals surface area contributed by atoms with Gasteiger partial charge in [0, 0.05) is 18.5 Å². The van der Waals surface area contributed by atoms with Crippen molar-refractivity contribution in [1.29, 1.82) is 0 Å². The number of pyridine rings is 1. The molecule has 2 fully saturated rings. The highest BCUT2D eigenvalue weighted by molar-refractivity contribution is 7.92. The van der Waals surface area contributed by atoms with Gasteiger partial charge in [-0.25, -0.2) is 23.1 Å². The van der Waals surface area contributed by atoms with E-state index in [1.54, 1.807) is 37.4 Å². The van der Waals surface area contributed by atoms with Crippen molar-refractivity contribution >= 4 is 49.9 Å². The van der Waals surface area contributed by atoms with Gasteiger partial charge in [0.25, 0.3) is 15.7 Å². The lowest BCUT2D eigenvalue weighted by molar-refractivity contribution is -0.119. The number of fused-ring (bicyclic) bond motifs is 1. The Bertz CT molecular complexity index is 1490. The summed E-state index contributed by atoms with van der Waals surface area (Å²) in [5, 5.41) is 3.60. The summed E-state index contributed by atoms with van der Waals surface area (Å²) in [7, 11) is -3.88. The standard InChI is InChI=1S/C23H19F3N4O4S/c1-13-12-22(13)20(31)29(14-7-9-15(10-8-14)35(33,34)23(24,25)26)21(32)30(22)18-11-19(27-2)28-17-6-4-3-5-16(17)18/h3-11,13H,12H2,1-2H3,(H,27,28). The fourth-order valence-electron chi connectivity index (χ4n) is 4.59. The van der Waals surface area contributed by atoms with Crippen LogP contribution in [0, 0.1) is 5.92 Å². The van der Waals surface area contributed by atoms with E-state index in [1.807, 2.05) is 6.92 Å². The summed E-state index contributed by atoms with van der Waals surface area (Å²) < 4.78 is 62.1. The first-order valence-corrected chi connectivity index (χ1v) is 12.1. The van der Waals surface area contributed by atoms with E-state index in [9.17, 15) is 31.2 Å². The minimum Gasteiger partial charge on any atom is -0.373 e. The molecule has 3 amide bonds. The van der Waals surface area contributed by atoms with Crippen molar-refractivity contribution in [3.63, 3.8) is 0 Å². The fraction of sp³-hybridized carbons (Fsp3) is 0.261. The van der Waals surface area contributed by atoms with Crippen molar-refractivity contribution < 1.29 is 31.2 Å². The van der Waals surface area contributed by atoms with Gasteiger partial charge in [0.05, 0.1) is 21.8 Å². The number of carbonyl (C=O) groups excluding carboxylic acids is 2. The molecular formula is C23H19F3N4O4S. The van der Waals surface area contributed by atoms with Crippen LogP contribution in [0.1, 0.15) is 13.3 Å². The quantitative estimate of drug-likeness (QED) is 0.532. The number of urea groups is 1. The second kappa shape index (κ2) is 7.41. The summed E-state index contributed by atoms with van der Waals surface area (Å²) in [6, 6.07) is 11.7. The molecule has 5 rings (SSSR count). The maximum atomic E-state index is 13.7. The van der Waals surface area contributed by atoms with Crippen LogP contribution in [0.3, 0.4) is 0 Å². The summed E-state index contributed by atoms with van der Waals surface area (Å²) in [5.74, 6) is -0.199. The van der Waals surface area contributed by atoms with E-state index in [1.165, 1.54) is 4.90 Å². The average Bonchev–Trinajstić information content (AvgIpc) is 3.43. The van der Waals surface area contributed by atoms with E-state index >= 15 is 0 Å². The first-order valence-electron chi connectivity index (χ1n) is 10.6. The van der Waals surface area contributed by atoms with Gasteiger partial charge in [-0.1, -0.05) is 25.1 Å². The summed E-state index contributed by atoms with van der Waals surface area (Å²) in [6.07, 6.45) is 0.403. The molecule has 1 spiro atoms. The summed E-state index contributed by atoms with van der Waals surface area (Å²) >= 11 is 0. The number of aromatic nitrogens is 1. The van der Waals surface area contributed by atoms with E-state index < -0.39 is 37.7 Å². The third kappa shape index (κ3) is 3.19. The van der Waals surface area contributed by atoms with Crippen LogP contribution in [-0.4, -0.2) is 43.4 Å². The van der Waals surface area contributed by atoms with Crippen LogP contribution in [-0.2, 0) is 14.6 Å². The van der Waals surface area contributed by atoms with Crippen molar-refractivity contribution in [2.45, 2.75) is 29.3 Å². The van der Waals surface area contributed by atoms with Crippen molar-refractivity contribution in [2.24, 2.45) is 5.92 Å². The molecule has 1 N–H and O–H groups in total. The molecule has 0 bridgehead atoms. The Labute approximate surface area is 198 Å². The number of amides is 3. The molecule has 8 nitrogen and oxygen atoms in total. The van der Waals surface area contributed by atoms with Gasteiger partial charge in [-0.05, 0) is 42.7 Å². The average molecular weight is 504 g/mol. The topological polar surface area (TPSA) is 99.7 Å². The van der Waals surface area contributed by atoms with Crippen molar-refractivity contribution in [3.8, 4) is 0 Å². The molecule has 1 aliphatic heterocycles. The predicted octanol–water partition coefficient (Wildman–Crippen LogP) is 4.32. The van der Waals surface area contributed by atoms with Gasteiger partial charge in [0.15, 0.2) is 0 Å². The van der Waals surface area contributed by atoms with E-state index in [0.29, 0.717) is 28.8 Å². The van der Waals surface area contributed by atoms with Crippen LogP contribution in [0.4, 0.5) is 35.2 Å². The zero-order valence-electron chi connectivity index (χ0n) is 18.5. The van der Waals surface area contributed by atoms with Crippen molar-refractivity contribution in [1.82, 2.24) is 4.98 Å². The number of rotatable bonds is 4. The number of hydrogen-bond donors (Lipinski definition) is 1. The zero-order valence-corrected chi connectivity index (χ0v) is 19.3. The second-order valence-corrected chi connectivity index (χ2v) is 10.5. The van der Waals surface area contributed by atoms with Crippen LogP contribution in [0.5, 0.6) is 0 Å². The maximum absolute atomic E-state index is 13.7. The minimum absolute atomic E-state index is 0.0192. The van der Waals surface area contributed by atoms with Gasteiger partial charge in [-0.2, -0.15) is 13.2 Å². The number of para-hydroxylation sites is 1. The lowest BCUT2D eigenvalue weighted by Gasteiger charge is -2.24. The number of sulfone groups is 1. The number of anilines is 3. The molecule has 3 aromatic rings. The molecule has 1 aromatic heterocycles. The number of imide groups is 1. The Hall–Kier alpha value is -3.67. The maximum Gasteiger partial charge on any atom is 0.501 e. The van der Waals surface area contributed by atoms with Crippen LogP contribution in [0.2, 0.25) is 0 Å². The Kier molecular flexibility index (Phi) is 4.89. The molecule has 2 aromatic carbocycles. The van der Waals surface area contributed by atoms with E-state index in [-0.39, 0.29) is 11.6 Å². The molecule has 2 unspecified atom stereocenters. The lowest BCUT2D eigenvalue weighted by atomic mass is 10.1. The van der Waals surface area contributed by atoms with Crippen molar-refractivity contribution in [3.05, 3.63) is 54.6 Å². The number of nitrogens with zero attached hydrogens (tertiary/aromatic N) is 3. The SMILES string of the molecule is CNc1cc(N2C(=O)N(c3ccc(S(=O)(=O)C(F)(F)F)cc3)C(=O)C23CC3C)c2ccccc2n1. The molecule has 182 valence electrons. The molecule has 35 heavy (non-hydrogen) atoms. The van der Waals surface area contributed by atoms with E-state index in [2.05, 4.69) is 10.3 Å². The molecule has 2 heterocycles. The second-order valence-electron chi connectivity index (χ2n) is 8.52. The summed E-state index contributed by atoms with van der Waals surface area (Å²) in [6.45, 7) is 1.84. The van der Waals surface area contributed by atoms with Crippen LogP contribution in [0.15, 0.2) is 59.5 Å². The van der Waals surface area contributed by atoms with Crippen LogP contribution >= 0.6 is 0 Å². The van der Waals surface area contributed by atoms with Gasteiger partial charge >= 0.3 is 11.5 Å². The Morgan fingerprint density at radius 3 is 2.29 bits per heavy atom. The monoisotopic (exact) mass is 504 g/mol. The molecule has 1 saturated heterocycles. The first kappa shape index (κ1) is 23.1. The number of hydrogen-bond acceptors (Lipinski definition) is 6. The number of halogens is 3. The molecule has 2 aliphatic rings. The third-order valence-corrected chi connectivity index (χ3v) is 8.03. The first-order chi connectivity index (χ1) is 16.4. The largest absolute Gasteiger partial charge is 0.501 e. The molecule has 0 radical (unpaired) electrons. The normalized spacial score (nSPS) is 22.4. The summed E-state index contributed by atoms with van der Waals surface area (Å²) in [5.41, 5.74) is -5.55. The zero-order chi connectivity index (χ0) is 25.3. The number of nitrogens with one attached hydrogen (secondary N) is 1. The van der Waals surface area contributed by atoms with E-state index in [0.717, 1.165) is 29.2 Å². The van der Waals surface area contributed by atoms with Gasteiger partial charge in [-0.15, -0.1) is 0 Å². The highest BCUT2D eigenvalue weighted by Crippen LogP contribution is 2.56. The molecule has 1 saturated carbocycles. The predicted molar refractivity (Wildman–Crippen MR) is 123 cm³/mol. The smallest absolute Gasteiger partial charge is 0.373 e. The molecular weight excluding hydrogens is 485 g/mol. The number of carbonyl (C=O) groups is 2.